The van der Waals surface area contributed by atoms with Crippen LogP contribution in [-0.4, -0.2) is 590 Å². The Kier molecular flexibility index (Phi) is 35.3. The van der Waals surface area contributed by atoms with E-state index in [1.54, 1.807) is 0 Å². The van der Waals surface area contributed by atoms with Crippen molar-refractivity contribution in [3.8, 4) is 0 Å². The molecule has 65 heteroatoms. The van der Waals surface area contributed by atoms with Crippen LogP contribution >= 0.6 is 0 Å². The number of ether oxygens (including phenoxy) is 23. The van der Waals surface area contributed by atoms with Crippen LogP contribution in [0.1, 0.15) is 27.7 Å². The van der Waals surface area contributed by atoms with Crippen molar-refractivity contribution < 1.29 is 321 Å². The highest BCUT2D eigenvalue weighted by molar-refractivity contribution is 5.76. The van der Waals surface area contributed by atoms with Gasteiger partial charge in [-0.25, -0.2) is 38.4 Å². The molecule has 12 fully saturated rings. The van der Waals surface area contributed by atoms with E-state index in [1.807, 2.05) is 0 Å². The number of hydrogen-bond donors (Lipinski definition) is 34. The first-order chi connectivity index (χ1) is 64.0. The van der Waals surface area contributed by atoms with Crippen LogP contribution in [0.15, 0.2) is 0 Å². The van der Waals surface area contributed by atoms with E-state index in [2.05, 4.69) is 0 Å². The number of hydrogen-bond acceptors (Lipinski definition) is 57. The van der Waals surface area contributed by atoms with Gasteiger partial charge in [-0.15, -0.1) is 0 Å². The summed E-state index contributed by atoms with van der Waals surface area (Å²) in [6.45, 7) is 4.01. The normalized spacial score (nSPS) is 52.3. The maximum Gasteiger partial charge on any atom is 0.335 e. The van der Waals surface area contributed by atoms with Crippen molar-refractivity contribution in [2.75, 3.05) is 0 Å². The topological polar surface area (TPSA) is 1040 Å². The number of aliphatic hydroxyl groups excluding tert-OH is 26. The molecule has 1 unspecified atom stereocenters. The molecule has 34 N–H and O–H groups in total. The molecule has 0 spiro atoms. The molecule has 12 saturated heterocycles. The Bertz CT molecular complexity index is 4110. The monoisotopic (exact) mass is 2010 g/mol. The molecule has 0 saturated carbocycles. The summed E-state index contributed by atoms with van der Waals surface area (Å²) in [5.41, 5.74) is 0. The van der Waals surface area contributed by atoms with Crippen molar-refractivity contribution in [3.05, 3.63) is 0 Å². The SMILES string of the molecule is C[C@@H]1O[C@@H](O[C@@H]2[C@H](O[C@@H]3O[C@H](C(=O)O)[C@@H](O)[C@H](O)[C@H]3O)[C@@H](O)[C@@H](O[C@H]3[C@H](O[C@@H]4[C@H](O[C@@H]5O[C@H](C(=O)O)[C@@H](O)[C@H](O)[C@H]5O)[C@@H](O)[C@@H](O[C@H]5C(O)O[C@@H](C)[C@H](O)[C@H]5O)O[C@@H]4C(=O)O)O[C@@H](C)[C@H](O)[C@H]3O)O[C@@H]2C(=O)O)[C@@H](O[C@H]2O[C@H](C(=O)O)[C@H](O[C@@H]3O[C@@H](C)[C@H](O)[C@@H](O)[C@H]3O[C@H]3O[C@H](C(=O)O)[C@H](O)[C@H](O[C@@H]4O[C@H](C(=O)O)[C@@H](O)[C@H](O)[C@H]4O)[C@H]3O)[C@H](O[C@@H]3O[C@H](C(=O)O)[C@@H](O)[C@H](O)[C@H]3O)[C@H]2O)[C@H](O)[C@H]1O. The number of carboxylic acid groups (broad SMARTS) is 8. The lowest BCUT2D eigenvalue weighted by Crippen LogP contribution is -2.70. The van der Waals surface area contributed by atoms with Crippen LogP contribution in [-0.2, 0) is 147 Å². The van der Waals surface area contributed by atoms with Crippen molar-refractivity contribution in [1.82, 2.24) is 0 Å². The average molecular weight is 2010 g/mol. The largest absolute Gasteiger partial charge is 0.479 e. The van der Waals surface area contributed by atoms with E-state index in [-0.39, 0.29) is 0 Å². The minimum absolute atomic E-state index is 0.919. The fraction of sp³-hybridized carbons (Fsp3) is 0.889. The highest BCUT2D eigenvalue weighted by Gasteiger charge is 2.66. The molecule has 0 bridgehead atoms. The van der Waals surface area contributed by atoms with Gasteiger partial charge in [-0.1, -0.05) is 0 Å². The van der Waals surface area contributed by atoms with E-state index in [1.165, 1.54) is 0 Å². The second kappa shape index (κ2) is 44.2. The smallest absolute Gasteiger partial charge is 0.335 e. The zero-order chi connectivity index (χ0) is 102. The summed E-state index contributed by atoms with van der Waals surface area (Å²) < 4.78 is 130. The first kappa shape index (κ1) is 110. The highest BCUT2D eigenvalue weighted by atomic mass is 16.8. The first-order valence-corrected chi connectivity index (χ1v) is 41.6. The summed E-state index contributed by atoms with van der Waals surface area (Å²) in [6.07, 6.45) is -157. The third-order valence-corrected chi connectivity index (χ3v) is 24.7. The molecule has 12 aliphatic rings. The number of aliphatic carboxylic acids is 8. The second-order valence-electron chi connectivity index (χ2n) is 33.8. The quantitative estimate of drug-likeness (QED) is 0.0318. The van der Waals surface area contributed by atoms with Crippen LogP contribution in [0.3, 0.4) is 0 Å². The van der Waals surface area contributed by atoms with Crippen LogP contribution in [0, 0.1) is 0 Å². The standard InChI is InChI=1S/C72H106O65/c1-5-9(73)17(81)43(61(114)115-5)128-67-31(95)35(120-63-26(90)14(78)22(86)39(124-63)54(100)101)47(50(135-67)58(108)109)132-71-45(19(83)11(75)7(3)117-71)130-69-33(97)37(122-65-28(92)16(80)24(88)41(126-65)56(104)105)49(52(137-69)60(112)113)134-72-46(20(84)12(76)8(4)118-72)131-68-32(96)36(121-64-27(91)15(79)23(87)40(125-64)55(102)103)48(51(136-68)59(110)111)133-70-44(18(82)10(74)6(2)116-70)129-66-30(94)34(29(93)42(127-66)57(106)107)119-62-25(89)13(77)21(85)38(123-62)53(98)99/h5-52,61-97,114H,1-4H3,(H,98,99)(H,100,101)(H,102,103)(H,104,105)(H,106,107)(H,108,109)(H,110,111)(H,112,113)/t5-,6-,7-,8-,9-,10-,11-,12-,13-,14-,15-,16-,17+,18+,19+,20+,21-,22-,23-,24-,25+,26+,27+,28+,29+,30+,31+,32+,33+,34-,35+,36+,37+,38-,39-,40-,41-,42-,43+,44+,45+,46-,47+,48+,49+,50-,51-,52-,61?,62+,63+,64+,65+,66+,67-,68-,69-,70-,71-,72-/m0/s1. The Balaban J connectivity index is 0.886. The van der Waals surface area contributed by atoms with Gasteiger partial charge in [0.25, 0.3) is 0 Å². The molecule has 60 atom stereocenters. The summed E-state index contributed by atoms with van der Waals surface area (Å²) in [5, 5.41) is 378. The summed E-state index contributed by atoms with van der Waals surface area (Å²) in [5.74, 6) is -17.6. The maximum absolute atomic E-state index is 14.1. The van der Waals surface area contributed by atoms with Gasteiger partial charge in [-0.05, 0) is 27.7 Å². The van der Waals surface area contributed by atoms with Crippen molar-refractivity contribution in [1.29, 1.82) is 0 Å². The van der Waals surface area contributed by atoms with Gasteiger partial charge >= 0.3 is 47.8 Å². The Labute approximate surface area is 762 Å². The molecule has 0 radical (unpaired) electrons. The molecule has 0 aromatic carbocycles. The van der Waals surface area contributed by atoms with E-state index in [9.17, 15) is 212 Å². The van der Waals surface area contributed by atoms with Gasteiger partial charge in [0, 0.05) is 0 Å². The molecule has 65 nitrogen and oxygen atoms in total. The van der Waals surface area contributed by atoms with Crippen molar-refractivity contribution in [3.63, 3.8) is 0 Å². The predicted molar refractivity (Wildman–Crippen MR) is 394 cm³/mol. The average Bonchev–Trinajstić information content (AvgIpc) is 0.751. The molecular weight excluding hydrogens is 1900 g/mol. The van der Waals surface area contributed by atoms with Crippen LogP contribution < -0.4 is 0 Å². The lowest BCUT2D eigenvalue weighted by atomic mass is 9.94. The summed E-state index contributed by atoms with van der Waals surface area (Å²) in [7, 11) is 0. The fourth-order valence-electron chi connectivity index (χ4n) is 16.9. The molecule has 0 amide bonds. The van der Waals surface area contributed by atoms with E-state index >= 15 is 0 Å². The minimum Gasteiger partial charge on any atom is -0.479 e. The van der Waals surface area contributed by atoms with Gasteiger partial charge in [-0.3, -0.25) is 0 Å². The summed E-state index contributed by atoms with van der Waals surface area (Å²) in [6, 6.07) is 0. The Morgan fingerprint density at radius 3 is 0.547 bits per heavy atom. The molecule has 12 rings (SSSR count). The molecule has 784 valence electrons. The summed E-state index contributed by atoms with van der Waals surface area (Å²) >= 11 is 0. The Morgan fingerprint density at radius 2 is 0.314 bits per heavy atom. The van der Waals surface area contributed by atoms with Gasteiger partial charge in [0.2, 0.25) is 0 Å². The van der Waals surface area contributed by atoms with Gasteiger partial charge in [0.1, 0.15) is 220 Å². The van der Waals surface area contributed by atoms with Gasteiger partial charge in [0.05, 0.1) is 24.4 Å². The third kappa shape index (κ3) is 22.1. The number of carboxylic acids is 8. The Morgan fingerprint density at radius 1 is 0.146 bits per heavy atom. The van der Waals surface area contributed by atoms with Crippen LogP contribution in [0.4, 0.5) is 0 Å². The van der Waals surface area contributed by atoms with Crippen molar-refractivity contribution >= 4 is 47.8 Å². The van der Waals surface area contributed by atoms with Crippen LogP contribution in [0.5, 0.6) is 0 Å². The molecule has 0 aromatic rings. The van der Waals surface area contributed by atoms with Crippen molar-refractivity contribution in [2.24, 2.45) is 0 Å². The van der Waals surface area contributed by atoms with E-state index < -0.39 is 416 Å². The molecule has 12 heterocycles. The Hall–Kier alpha value is -6.20. The fourth-order valence-corrected chi connectivity index (χ4v) is 16.9. The zero-order valence-corrected chi connectivity index (χ0v) is 70.5. The number of rotatable bonds is 30. The molecule has 0 aromatic heterocycles. The lowest BCUT2D eigenvalue weighted by Gasteiger charge is -2.51. The lowest BCUT2D eigenvalue weighted by molar-refractivity contribution is -0.418. The molecular formula is C72H106O65. The summed E-state index contributed by atoms with van der Waals surface area (Å²) in [4.78, 5) is 104. The van der Waals surface area contributed by atoms with Gasteiger partial charge in [-0.2, -0.15) is 0 Å². The van der Waals surface area contributed by atoms with Crippen LogP contribution in [0.25, 0.3) is 0 Å². The second-order valence-corrected chi connectivity index (χ2v) is 33.8. The van der Waals surface area contributed by atoms with E-state index in [4.69, 9.17) is 109 Å². The van der Waals surface area contributed by atoms with E-state index in [0.717, 1.165) is 27.7 Å². The maximum atomic E-state index is 14.1. The first-order valence-electron chi connectivity index (χ1n) is 41.6. The van der Waals surface area contributed by atoms with Gasteiger partial charge in [0.15, 0.2) is 124 Å². The van der Waals surface area contributed by atoms with Gasteiger partial charge < -0.3 is 283 Å². The van der Waals surface area contributed by atoms with Crippen LogP contribution in [0.2, 0.25) is 0 Å². The zero-order valence-electron chi connectivity index (χ0n) is 70.5. The number of aliphatic hydroxyl groups is 26. The predicted octanol–water partition coefficient (Wildman–Crippen LogP) is -22.3. The van der Waals surface area contributed by atoms with Crippen molar-refractivity contribution in [2.45, 2.75) is 396 Å². The minimum atomic E-state index is -3.09. The molecule has 0 aliphatic carbocycles. The third-order valence-electron chi connectivity index (χ3n) is 24.7. The number of carbonyl (C=O) groups is 8. The highest BCUT2D eigenvalue weighted by Crippen LogP contribution is 2.44. The molecule has 137 heavy (non-hydrogen) atoms. The molecule has 12 aliphatic heterocycles. The van der Waals surface area contributed by atoms with E-state index in [0.29, 0.717) is 0 Å².